The standard InChI is InChI=1S/C7H6BrO2/c1-10-7-3-2-5(8)4-6(7)9/h3-4,9H,1H3. The van der Waals surface area contributed by atoms with Crippen molar-refractivity contribution >= 4 is 15.9 Å². The third kappa shape index (κ3) is 1.42. The van der Waals surface area contributed by atoms with Crippen LogP contribution >= 0.6 is 15.9 Å². The second kappa shape index (κ2) is 2.92. The van der Waals surface area contributed by atoms with E-state index in [-0.39, 0.29) is 5.75 Å². The van der Waals surface area contributed by atoms with E-state index < -0.39 is 0 Å². The number of hydrogen-bond acceptors (Lipinski definition) is 2. The summed E-state index contributed by atoms with van der Waals surface area (Å²) in [6.45, 7) is 0. The molecule has 1 N–H and O–H groups in total. The fraction of sp³-hybridized carbons (Fsp3) is 0.143. The highest BCUT2D eigenvalue weighted by molar-refractivity contribution is 9.10. The highest BCUT2D eigenvalue weighted by Crippen LogP contribution is 2.27. The van der Waals surface area contributed by atoms with Gasteiger partial charge >= 0.3 is 0 Å². The van der Waals surface area contributed by atoms with Crippen LogP contribution in [0.4, 0.5) is 0 Å². The number of benzene rings is 1. The number of hydrogen-bond donors (Lipinski definition) is 1. The van der Waals surface area contributed by atoms with Gasteiger partial charge in [-0.3, -0.25) is 0 Å². The SMILES string of the molecule is COc1c[c]c(Br)cc1O. The molecule has 0 amide bonds. The monoisotopic (exact) mass is 201 g/mol. The molecule has 10 heavy (non-hydrogen) atoms. The third-order valence-corrected chi connectivity index (χ3v) is 1.53. The van der Waals surface area contributed by atoms with Crippen LogP contribution in [0.1, 0.15) is 0 Å². The lowest BCUT2D eigenvalue weighted by Crippen LogP contribution is -1.82. The van der Waals surface area contributed by atoms with E-state index in [2.05, 4.69) is 22.0 Å². The molecule has 0 heterocycles. The van der Waals surface area contributed by atoms with Gasteiger partial charge in [0.15, 0.2) is 11.5 Å². The van der Waals surface area contributed by atoms with Gasteiger partial charge in [-0.25, -0.2) is 0 Å². The number of ether oxygens (including phenoxy) is 1. The smallest absolute Gasteiger partial charge is 0.161 e. The molecule has 1 radical (unpaired) electrons. The van der Waals surface area contributed by atoms with E-state index in [9.17, 15) is 0 Å². The van der Waals surface area contributed by atoms with Gasteiger partial charge in [-0.05, 0) is 12.1 Å². The van der Waals surface area contributed by atoms with E-state index in [1.54, 1.807) is 6.07 Å². The maximum atomic E-state index is 9.12. The molecule has 1 aromatic rings. The number of phenols is 1. The van der Waals surface area contributed by atoms with Gasteiger partial charge in [-0.15, -0.1) is 0 Å². The molecule has 0 saturated carbocycles. The number of aromatic hydroxyl groups is 1. The normalized spacial score (nSPS) is 9.40. The second-order valence-electron chi connectivity index (χ2n) is 1.73. The molecule has 1 rings (SSSR count). The van der Waals surface area contributed by atoms with E-state index in [1.807, 2.05) is 0 Å². The van der Waals surface area contributed by atoms with Crippen molar-refractivity contribution in [3.8, 4) is 11.5 Å². The van der Waals surface area contributed by atoms with E-state index >= 15 is 0 Å². The number of rotatable bonds is 1. The lowest BCUT2D eigenvalue weighted by Gasteiger charge is -2.00. The topological polar surface area (TPSA) is 29.5 Å². The minimum atomic E-state index is 0.119. The molecule has 0 fully saturated rings. The Balaban J connectivity index is 3.07. The summed E-state index contributed by atoms with van der Waals surface area (Å²) >= 11 is 3.15. The highest BCUT2D eigenvalue weighted by Gasteiger charge is 1.99. The van der Waals surface area contributed by atoms with Gasteiger partial charge < -0.3 is 9.84 Å². The Labute approximate surface area is 67.6 Å². The predicted octanol–water partition coefficient (Wildman–Crippen LogP) is 1.96. The maximum Gasteiger partial charge on any atom is 0.161 e. The van der Waals surface area contributed by atoms with Crippen LogP contribution in [-0.4, -0.2) is 12.2 Å². The molecule has 0 aromatic heterocycles. The first-order valence-electron chi connectivity index (χ1n) is 2.68. The van der Waals surface area contributed by atoms with E-state index in [1.165, 1.54) is 13.2 Å². The third-order valence-electron chi connectivity index (χ3n) is 1.08. The molecule has 53 valence electrons. The van der Waals surface area contributed by atoms with Crippen LogP contribution in [0.15, 0.2) is 16.6 Å². The lowest BCUT2D eigenvalue weighted by molar-refractivity contribution is 0.373. The van der Waals surface area contributed by atoms with Crippen molar-refractivity contribution < 1.29 is 9.84 Å². The van der Waals surface area contributed by atoms with Crippen molar-refractivity contribution in [3.63, 3.8) is 0 Å². The van der Waals surface area contributed by atoms with E-state index in [0.717, 1.165) is 0 Å². The molecule has 0 bridgehead atoms. The van der Waals surface area contributed by atoms with Crippen LogP contribution in [0.3, 0.4) is 0 Å². The molecule has 1 aromatic carbocycles. The Morgan fingerprint density at radius 1 is 1.70 bits per heavy atom. The zero-order valence-electron chi connectivity index (χ0n) is 5.39. The fourth-order valence-electron chi connectivity index (χ4n) is 0.605. The predicted molar refractivity (Wildman–Crippen MR) is 41.2 cm³/mol. The van der Waals surface area contributed by atoms with Gasteiger partial charge in [0.1, 0.15) is 0 Å². The highest BCUT2D eigenvalue weighted by atomic mass is 79.9. The first kappa shape index (κ1) is 7.41. The van der Waals surface area contributed by atoms with Crippen molar-refractivity contribution in [2.45, 2.75) is 0 Å². The van der Waals surface area contributed by atoms with E-state index in [4.69, 9.17) is 9.84 Å². The Morgan fingerprint density at radius 3 is 2.90 bits per heavy atom. The molecule has 0 saturated heterocycles. The molecule has 0 aliphatic carbocycles. The van der Waals surface area contributed by atoms with Gasteiger partial charge in [0.2, 0.25) is 0 Å². The van der Waals surface area contributed by atoms with E-state index in [0.29, 0.717) is 10.2 Å². The maximum absolute atomic E-state index is 9.12. The zero-order chi connectivity index (χ0) is 7.56. The first-order chi connectivity index (χ1) is 4.74. The fourth-order valence-corrected chi connectivity index (χ4v) is 0.936. The Bertz CT molecular complexity index is 235. The van der Waals surface area contributed by atoms with Crippen LogP contribution in [0.2, 0.25) is 0 Å². The molecule has 0 spiro atoms. The van der Waals surface area contributed by atoms with Crippen molar-refractivity contribution in [2.24, 2.45) is 0 Å². The van der Waals surface area contributed by atoms with Crippen molar-refractivity contribution in [1.29, 1.82) is 0 Å². The van der Waals surface area contributed by atoms with Gasteiger partial charge in [-0.2, -0.15) is 0 Å². The minimum absolute atomic E-state index is 0.119. The number of methoxy groups -OCH3 is 1. The molecule has 2 nitrogen and oxygen atoms in total. The average molecular weight is 202 g/mol. The Kier molecular flexibility index (Phi) is 2.17. The van der Waals surface area contributed by atoms with Crippen LogP contribution in [0, 0.1) is 6.07 Å². The molecule has 0 unspecified atom stereocenters. The summed E-state index contributed by atoms with van der Waals surface area (Å²) < 4.78 is 5.51. The molecule has 0 aliphatic rings. The summed E-state index contributed by atoms with van der Waals surface area (Å²) in [7, 11) is 1.50. The minimum Gasteiger partial charge on any atom is -0.504 e. The first-order valence-corrected chi connectivity index (χ1v) is 3.47. The second-order valence-corrected chi connectivity index (χ2v) is 2.59. The van der Waals surface area contributed by atoms with Gasteiger partial charge in [0.25, 0.3) is 0 Å². The van der Waals surface area contributed by atoms with Crippen LogP contribution < -0.4 is 4.74 Å². The van der Waals surface area contributed by atoms with Gasteiger partial charge in [-0.1, -0.05) is 15.9 Å². The summed E-state index contributed by atoms with van der Waals surface area (Å²) in [5.74, 6) is 0.552. The van der Waals surface area contributed by atoms with Crippen LogP contribution in [0.5, 0.6) is 11.5 Å². The van der Waals surface area contributed by atoms with Crippen LogP contribution in [-0.2, 0) is 0 Å². The van der Waals surface area contributed by atoms with Crippen molar-refractivity contribution in [1.82, 2.24) is 0 Å². The zero-order valence-corrected chi connectivity index (χ0v) is 6.97. The molecular weight excluding hydrogens is 196 g/mol. The van der Waals surface area contributed by atoms with Gasteiger partial charge in [0.05, 0.1) is 7.11 Å². The lowest BCUT2D eigenvalue weighted by atomic mass is 10.3. The van der Waals surface area contributed by atoms with Gasteiger partial charge in [0, 0.05) is 10.5 Å². The van der Waals surface area contributed by atoms with Crippen molar-refractivity contribution in [2.75, 3.05) is 7.11 Å². The van der Waals surface area contributed by atoms with Crippen molar-refractivity contribution in [3.05, 3.63) is 22.7 Å². The summed E-state index contributed by atoms with van der Waals surface area (Å²) in [5.41, 5.74) is 0. The molecule has 3 heteroatoms. The summed E-state index contributed by atoms with van der Waals surface area (Å²) in [6.07, 6.45) is 0. The number of phenolic OH excluding ortho intramolecular Hbond substituents is 1. The average Bonchev–Trinajstić information content (AvgIpc) is 1.88. The molecule has 0 aliphatic heterocycles. The Morgan fingerprint density at radius 2 is 2.40 bits per heavy atom. The summed E-state index contributed by atoms with van der Waals surface area (Å²) in [6, 6.07) is 5.92. The largest absolute Gasteiger partial charge is 0.504 e. The van der Waals surface area contributed by atoms with Crippen LogP contribution in [0.25, 0.3) is 0 Å². The Hall–Kier alpha value is -0.700. The number of halogens is 1. The quantitative estimate of drug-likeness (QED) is 0.754. The molecular formula is C7H6BrO2. The molecule has 0 atom stereocenters. The summed E-state index contributed by atoms with van der Waals surface area (Å²) in [5, 5.41) is 9.12. The summed E-state index contributed by atoms with van der Waals surface area (Å²) in [4.78, 5) is 0.